The maximum atomic E-state index is 12.1. The van der Waals surface area contributed by atoms with Crippen molar-refractivity contribution in [3.8, 4) is 0 Å². The van der Waals surface area contributed by atoms with Crippen molar-refractivity contribution in [3.05, 3.63) is 0 Å². The number of nitrogens with two attached hydrogens (primary N) is 1. The lowest BCUT2D eigenvalue weighted by Gasteiger charge is -2.47. The van der Waals surface area contributed by atoms with Gasteiger partial charge >= 0.3 is 6.09 Å². The van der Waals surface area contributed by atoms with E-state index in [1.807, 2.05) is 34.6 Å². The predicted molar refractivity (Wildman–Crippen MR) is 74.5 cm³/mol. The Morgan fingerprint density at radius 2 is 1.63 bits per heavy atom. The van der Waals surface area contributed by atoms with E-state index in [0.717, 1.165) is 25.7 Å². The van der Waals surface area contributed by atoms with Crippen LogP contribution >= 0.6 is 0 Å². The second kappa shape index (κ2) is 5.67. The van der Waals surface area contributed by atoms with Crippen molar-refractivity contribution in [2.24, 2.45) is 5.90 Å². The van der Waals surface area contributed by atoms with Crippen molar-refractivity contribution in [2.45, 2.75) is 83.5 Å². The highest BCUT2D eigenvalue weighted by molar-refractivity contribution is 5.69. The van der Waals surface area contributed by atoms with Crippen LogP contribution in [0.15, 0.2) is 0 Å². The van der Waals surface area contributed by atoms with Gasteiger partial charge in [0.15, 0.2) is 0 Å². The Morgan fingerprint density at radius 3 is 2.05 bits per heavy atom. The van der Waals surface area contributed by atoms with E-state index < -0.39 is 22.8 Å². The Labute approximate surface area is 116 Å². The summed E-state index contributed by atoms with van der Waals surface area (Å²) >= 11 is 0. The van der Waals surface area contributed by atoms with Gasteiger partial charge in [-0.1, -0.05) is 19.3 Å². The van der Waals surface area contributed by atoms with Crippen molar-refractivity contribution >= 4 is 6.09 Å². The van der Waals surface area contributed by atoms with Gasteiger partial charge in [-0.15, -0.1) is 0 Å². The smallest absolute Gasteiger partial charge is 0.408 e. The third-order valence-corrected chi connectivity index (χ3v) is 3.89. The highest BCUT2D eigenvalue weighted by atomic mass is 16.6. The van der Waals surface area contributed by atoms with Crippen LogP contribution in [0.3, 0.4) is 0 Å². The lowest BCUT2D eigenvalue weighted by molar-refractivity contribution is -0.101. The summed E-state index contributed by atoms with van der Waals surface area (Å²) in [5.74, 6) is 5.43. The van der Waals surface area contributed by atoms with Crippen LogP contribution in [0.4, 0.5) is 4.79 Å². The van der Waals surface area contributed by atoms with E-state index >= 15 is 0 Å². The highest BCUT2D eigenvalue weighted by Gasteiger charge is 2.48. The molecule has 0 aliphatic heterocycles. The largest absolute Gasteiger partial charge is 0.444 e. The van der Waals surface area contributed by atoms with Gasteiger partial charge < -0.3 is 10.1 Å². The van der Waals surface area contributed by atoms with Gasteiger partial charge in [-0.2, -0.15) is 0 Å². The van der Waals surface area contributed by atoms with Crippen LogP contribution in [0.5, 0.6) is 0 Å². The van der Waals surface area contributed by atoms with Gasteiger partial charge in [0.05, 0.1) is 5.54 Å². The standard InChI is InChI=1S/C14H28N2O3/c1-12(2,3)18-11(17)16-14(13(4,5)19-15)9-7-6-8-10-14/h6-10,15H2,1-5H3,(H,16,17). The third-order valence-electron chi connectivity index (χ3n) is 3.89. The normalized spacial score (nSPS) is 19.9. The Kier molecular flexibility index (Phi) is 4.85. The number of nitrogens with one attached hydrogen (secondary N) is 1. The van der Waals surface area contributed by atoms with Crippen LogP contribution < -0.4 is 11.2 Å². The van der Waals surface area contributed by atoms with Crippen molar-refractivity contribution < 1.29 is 14.4 Å². The molecule has 1 amide bonds. The summed E-state index contributed by atoms with van der Waals surface area (Å²) in [5.41, 5.74) is -1.58. The number of rotatable bonds is 3. The molecule has 19 heavy (non-hydrogen) atoms. The number of amides is 1. The molecule has 0 spiro atoms. The molecule has 1 aliphatic rings. The van der Waals surface area contributed by atoms with E-state index in [4.69, 9.17) is 15.5 Å². The summed E-state index contributed by atoms with van der Waals surface area (Å²) < 4.78 is 5.36. The molecule has 0 aromatic carbocycles. The molecule has 0 aromatic heterocycles. The molecular weight excluding hydrogens is 244 g/mol. The monoisotopic (exact) mass is 272 g/mol. The maximum absolute atomic E-state index is 12.1. The number of carbonyl (C=O) groups is 1. The van der Waals surface area contributed by atoms with Crippen molar-refractivity contribution in [3.63, 3.8) is 0 Å². The first kappa shape index (κ1) is 16.2. The topological polar surface area (TPSA) is 73.6 Å². The fourth-order valence-corrected chi connectivity index (χ4v) is 2.64. The van der Waals surface area contributed by atoms with Gasteiger partial charge in [0.1, 0.15) is 11.2 Å². The average molecular weight is 272 g/mol. The molecule has 1 fully saturated rings. The van der Waals surface area contributed by atoms with Crippen LogP contribution in [0.25, 0.3) is 0 Å². The summed E-state index contributed by atoms with van der Waals surface area (Å²) in [4.78, 5) is 17.2. The lowest BCUT2D eigenvalue weighted by Crippen LogP contribution is -2.64. The van der Waals surface area contributed by atoms with Gasteiger partial charge in [0.25, 0.3) is 0 Å². The summed E-state index contributed by atoms with van der Waals surface area (Å²) in [6.07, 6.45) is 4.61. The van der Waals surface area contributed by atoms with Crippen molar-refractivity contribution in [2.75, 3.05) is 0 Å². The molecule has 5 nitrogen and oxygen atoms in total. The third kappa shape index (κ3) is 4.08. The van der Waals surface area contributed by atoms with Crippen molar-refractivity contribution in [1.29, 1.82) is 0 Å². The Morgan fingerprint density at radius 1 is 1.11 bits per heavy atom. The van der Waals surface area contributed by atoms with E-state index in [1.165, 1.54) is 6.42 Å². The molecule has 3 N–H and O–H groups in total. The van der Waals surface area contributed by atoms with E-state index in [2.05, 4.69) is 5.32 Å². The van der Waals surface area contributed by atoms with Gasteiger partial charge in [0, 0.05) is 0 Å². The summed E-state index contributed by atoms with van der Waals surface area (Å²) in [6.45, 7) is 9.38. The molecule has 1 aliphatic carbocycles. The number of alkyl carbamates (subject to hydrolysis) is 1. The first-order valence-electron chi connectivity index (χ1n) is 7.01. The average Bonchev–Trinajstić information content (AvgIpc) is 2.27. The molecule has 112 valence electrons. The molecule has 0 heterocycles. The zero-order valence-electron chi connectivity index (χ0n) is 12.8. The fraction of sp³-hybridized carbons (Fsp3) is 0.929. The summed E-state index contributed by atoms with van der Waals surface area (Å²) in [5, 5.41) is 3.01. The number of hydrogen-bond acceptors (Lipinski definition) is 4. The van der Waals surface area contributed by atoms with E-state index in [0.29, 0.717) is 0 Å². The molecule has 0 aromatic rings. The van der Waals surface area contributed by atoms with Crippen LogP contribution in [-0.4, -0.2) is 22.8 Å². The first-order chi connectivity index (χ1) is 8.62. The number of hydrogen-bond donors (Lipinski definition) is 2. The van der Waals surface area contributed by atoms with Gasteiger partial charge in [-0.05, 0) is 47.5 Å². The molecule has 0 atom stereocenters. The summed E-state index contributed by atoms with van der Waals surface area (Å²) in [6, 6.07) is 0. The van der Waals surface area contributed by atoms with E-state index in [1.54, 1.807) is 0 Å². The number of carbonyl (C=O) groups excluding carboxylic acids is 1. The second-order valence-electron chi connectivity index (χ2n) is 6.90. The fourth-order valence-electron chi connectivity index (χ4n) is 2.64. The lowest BCUT2D eigenvalue weighted by atomic mass is 9.71. The minimum absolute atomic E-state index is 0.403. The van der Waals surface area contributed by atoms with Crippen LogP contribution in [0.1, 0.15) is 66.7 Å². The minimum Gasteiger partial charge on any atom is -0.444 e. The molecule has 0 bridgehead atoms. The molecule has 0 saturated heterocycles. The van der Waals surface area contributed by atoms with Crippen LogP contribution in [-0.2, 0) is 9.57 Å². The highest BCUT2D eigenvalue weighted by Crippen LogP contribution is 2.38. The summed E-state index contributed by atoms with van der Waals surface area (Å²) in [7, 11) is 0. The number of ether oxygens (including phenoxy) is 1. The molecule has 1 rings (SSSR count). The van der Waals surface area contributed by atoms with Gasteiger partial charge in [0.2, 0.25) is 0 Å². The Hall–Kier alpha value is -0.810. The zero-order valence-corrected chi connectivity index (χ0v) is 12.8. The molecule has 0 radical (unpaired) electrons. The van der Waals surface area contributed by atoms with Gasteiger partial charge in [-0.3, -0.25) is 4.84 Å². The van der Waals surface area contributed by atoms with Crippen LogP contribution in [0.2, 0.25) is 0 Å². The van der Waals surface area contributed by atoms with E-state index in [9.17, 15) is 4.79 Å². The minimum atomic E-state index is -0.621. The molecule has 5 heteroatoms. The van der Waals surface area contributed by atoms with E-state index in [-0.39, 0.29) is 0 Å². The second-order valence-corrected chi connectivity index (χ2v) is 6.90. The van der Waals surface area contributed by atoms with Gasteiger partial charge in [-0.25, -0.2) is 10.7 Å². The Bertz CT molecular complexity index is 315. The molecule has 0 unspecified atom stereocenters. The van der Waals surface area contributed by atoms with Crippen LogP contribution in [0, 0.1) is 0 Å². The predicted octanol–water partition coefficient (Wildman–Crippen LogP) is 2.88. The Balaban J connectivity index is 2.84. The maximum Gasteiger partial charge on any atom is 0.408 e. The van der Waals surface area contributed by atoms with Crippen molar-refractivity contribution in [1.82, 2.24) is 5.32 Å². The quantitative estimate of drug-likeness (QED) is 0.775. The first-order valence-corrected chi connectivity index (χ1v) is 7.01. The zero-order chi connectivity index (χ0) is 14.7. The SMILES string of the molecule is CC(C)(C)OC(=O)NC1(C(C)(C)ON)CCCCC1. The molecule has 1 saturated carbocycles. The molecular formula is C14H28N2O3.